The fourth-order valence-corrected chi connectivity index (χ4v) is 3.50. The number of fused-ring (bicyclic) bond motifs is 1. The van der Waals surface area contributed by atoms with Gasteiger partial charge in [0.1, 0.15) is 15.4 Å². The van der Waals surface area contributed by atoms with Crippen molar-refractivity contribution in [3.63, 3.8) is 0 Å². The van der Waals surface area contributed by atoms with E-state index in [0.29, 0.717) is 12.1 Å². The molecule has 128 valence electrons. The highest BCUT2D eigenvalue weighted by atomic mass is 127. The predicted molar refractivity (Wildman–Crippen MR) is 97.0 cm³/mol. The zero-order valence-electron chi connectivity index (χ0n) is 14.2. The van der Waals surface area contributed by atoms with Crippen LogP contribution in [0.4, 0.5) is 4.39 Å². The van der Waals surface area contributed by atoms with E-state index in [9.17, 15) is 4.79 Å². The van der Waals surface area contributed by atoms with E-state index in [1.165, 1.54) is 7.85 Å². The summed E-state index contributed by atoms with van der Waals surface area (Å²) in [6.45, 7) is 5.82. The third kappa shape index (κ3) is 4.25. The molecule has 0 bridgehead atoms. The quantitative estimate of drug-likeness (QED) is 0.316. The van der Waals surface area contributed by atoms with Gasteiger partial charge in [0.25, 0.3) is 0 Å². The molecule has 2 rings (SSSR count). The number of rotatable bonds is 4. The zero-order chi connectivity index (χ0) is 17.2. The normalized spacial score (nSPS) is 26.3. The van der Waals surface area contributed by atoms with Crippen LogP contribution in [0.1, 0.15) is 63.9 Å². The maximum absolute atomic E-state index is 15.6. The van der Waals surface area contributed by atoms with Crippen molar-refractivity contribution in [1.29, 1.82) is 0 Å². The Kier molecular flexibility index (Phi) is 6.07. The molecule has 0 aromatic carbocycles. The van der Waals surface area contributed by atoms with Crippen LogP contribution in [0.3, 0.4) is 0 Å². The molecule has 3 unspecified atom stereocenters. The highest BCUT2D eigenvalue weighted by Crippen LogP contribution is 2.40. The van der Waals surface area contributed by atoms with Crippen LogP contribution in [-0.4, -0.2) is 32.9 Å². The predicted octanol–water partition coefficient (Wildman–Crippen LogP) is 2.67. The summed E-state index contributed by atoms with van der Waals surface area (Å²) in [5.41, 5.74) is -0.410. The lowest BCUT2D eigenvalue weighted by Crippen LogP contribution is -2.36. The van der Waals surface area contributed by atoms with Gasteiger partial charge in [-0.1, -0.05) is 11.6 Å². The molecule has 1 aromatic heterocycles. The van der Waals surface area contributed by atoms with Gasteiger partial charge in [-0.2, -0.15) is 0 Å². The molecule has 0 amide bonds. The van der Waals surface area contributed by atoms with E-state index in [-0.39, 0.29) is 22.5 Å². The Hall–Kier alpha value is -0.665. The maximum Gasteiger partial charge on any atom is 0.307 e. The van der Waals surface area contributed by atoms with E-state index < -0.39 is 11.5 Å². The number of carbonyl (C=O) groups excluding carboxylic acids is 1. The molecule has 0 saturated carbocycles. The Bertz CT molecular complexity index is 563. The fourth-order valence-electron chi connectivity index (χ4n) is 3.21. The standard InChI is InChI=1S/C15H24BFIN3O2/c1-9(2)21-12-7-5-4-6-11(8-13(22)23-10(3)18)15(16,17)14(12)19-20-21/h9-11H,4-8,16H2,1-3H3. The summed E-state index contributed by atoms with van der Waals surface area (Å²) in [7, 11) is 1.53. The van der Waals surface area contributed by atoms with Crippen molar-refractivity contribution in [2.75, 3.05) is 0 Å². The number of nitrogens with zero attached hydrogens (tertiary/aromatic N) is 3. The number of carbonyl (C=O) groups is 1. The van der Waals surface area contributed by atoms with Crippen molar-refractivity contribution in [2.24, 2.45) is 5.92 Å². The van der Waals surface area contributed by atoms with Gasteiger partial charge in [-0.3, -0.25) is 4.79 Å². The second kappa shape index (κ2) is 7.48. The van der Waals surface area contributed by atoms with E-state index in [1.54, 1.807) is 11.6 Å². The molecule has 0 radical (unpaired) electrons. The maximum atomic E-state index is 15.6. The largest absolute Gasteiger partial charge is 0.452 e. The highest BCUT2D eigenvalue weighted by molar-refractivity contribution is 14.1. The molecule has 1 aliphatic carbocycles. The molecule has 23 heavy (non-hydrogen) atoms. The first-order valence-corrected chi connectivity index (χ1v) is 9.45. The van der Waals surface area contributed by atoms with Crippen LogP contribution in [0.2, 0.25) is 0 Å². The minimum absolute atomic E-state index is 0.0777. The van der Waals surface area contributed by atoms with E-state index >= 15 is 4.39 Å². The molecular formula is C15H24BFIN3O2. The smallest absolute Gasteiger partial charge is 0.307 e. The minimum atomic E-state index is -1.67. The van der Waals surface area contributed by atoms with Crippen LogP contribution in [0, 0.1) is 5.92 Å². The average Bonchev–Trinajstić information content (AvgIpc) is 2.84. The van der Waals surface area contributed by atoms with Gasteiger partial charge in [0.2, 0.25) is 0 Å². The summed E-state index contributed by atoms with van der Waals surface area (Å²) in [5, 5.41) is 8.28. The second-order valence-corrected chi connectivity index (χ2v) is 8.43. The van der Waals surface area contributed by atoms with Crippen LogP contribution in [0.15, 0.2) is 0 Å². The summed E-state index contributed by atoms with van der Waals surface area (Å²) in [4.78, 5) is 12.0. The number of halogens is 2. The molecule has 0 aliphatic heterocycles. The lowest BCUT2D eigenvalue weighted by molar-refractivity contribution is -0.146. The summed E-state index contributed by atoms with van der Waals surface area (Å²) in [6.07, 6.45) is 3.36. The van der Waals surface area contributed by atoms with Gasteiger partial charge in [-0.05, 0) is 62.6 Å². The summed E-state index contributed by atoms with van der Waals surface area (Å²) >= 11 is 2.02. The number of hydrogen-bond acceptors (Lipinski definition) is 4. The van der Waals surface area contributed by atoms with Crippen LogP contribution < -0.4 is 0 Å². The first-order chi connectivity index (χ1) is 10.7. The molecule has 1 aliphatic rings. The number of esters is 1. The summed E-state index contributed by atoms with van der Waals surface area (Å²) in [6, 6.07) is 0.143. The molecule has 5 nitrogen and oxygen atoms in total. The molecule has 3 atom stereocenters. The van der Waals surface area contributed by atoms with Gasteiger partial charge in [0, 0.05) is 12.0 Å². The number of ether oxygens (including phenoxy) is 1. The number of hydrogen-bond donors (Lipinski definition) is 0. The Balaban J connectivity index is 2.30. The number of aromatic nitrogens is 3. The molecule has 0 spiro atoms. The Labute approximate surface area is 151 Å². The van der Waals surface area contributed by atoms with Crippen LogP contribution >= 0.6 is 22.6 Å². The topological polar surface area (TPSA) is 57.0 Å². The van der Waals surface area contributed by atoms with E-state index in [4.69, 9.17) is 4.74 Å². The van der Waals surface area contributed by atoms with Crippen molar-refractivity contribution >= 4 is 36.4 Å². The molecule has 1 aromatic rings. The molecule has 8 heteroatoms. The van der Waals surface area contributed by atoms with Gasteiger partial charge in [0.05, 0.1) is 12.1 Å². The zero-order valence-corrected chi connectivity index (χ0v) is 16.3. The first-order valence-electron chi connectivity index (χ1n) is 8.20. The van der Waals surface area contributed by atoms with Gasteiger partial charge in [-0.15, -0.1) is 5.10 Å². The Morgan fingerprint density at radius 2 is 2.22 bits per heavy atom. The Morgan fingerprint density at radius 3 is 2.83 bits per heavy atom. The lowest BCUT2D eigenvalue weighted by Gasteiger charge is -2.31. The van der Waals surface area contributed by atoms with Crippen LogP contribution in [0.5, 0.6) is 0 Å². The Morgan fingerprint density at radius 1 is 1.52 bits per heavy atom. The van der Waals surface area contributed by atoms with Crippen LogP contribution in [-0.2, 0) is 21.5 Å². The summed E-state index contributed by atoms with van der Waals surface area (Å²) in [5.74, 6) is -0.777. The number of alkyl halides is 2. The van der Waals surface area contributed by atoms with Gasteiger partial charge < -0.3 is 4.74 Å². The van der Waals surface area contributed by atoms with Gasteiger partial charge >= 0.3 is 5.97 Å². The van der Waals surface area contributed by atoms with Gasteiger partial charge in [-0.25, -0.2) is 9.07 Å². The third-order valence-corrected chi connectivity index (χ3v) is 4.69. The van der Waals surface area contributed by atoms with E-state index in [1.807, 2.05) is 36.4 Å². The second-order valence-electron chi connectivity index (χ2n) is 6.68. The third-order valence-electron chi connectivity index (χ3n) is 4.43. The van der Waals surface area contributed by atoms with Crippen molar-refractivity contribution < 1.29 is 13.9 Å². The lowest BCUT2D eigenvalue weighted by atomic mass is 9.66. The van der Waals surface area contributed by atoms with Crippen molar-refractivity contribution in [3.05, 3.63) is 11.4 Å². The average molecular weight is 435 g/mol. The molecular weight excluding hydrogens is 411 g/mol. The monoisotopic (exact) mass is 435 g/mol. The molecule has 0 N–H and O–H groups in total. The molecule has 1 heterocycles. The van der Waals surface area contributed by atoms with Crippen molar-refractivity contribution in [2.45, 2.75) is 68.6 Å². The van der Waals surface area contributed by atoms with Gasteiger partial charge in [0.15, 0.2) is 7.85 Å². The van der Waals surface area contributed by atoms with E-state index in [2.05, 4.69) is 10.3 Å². The van der Waals surface area contributed by atoms with Crippen molar-refractivity contribution in [3.8, 4) is 0 Å². The SMILES string of the molecule is BC1(F)c2nnn(C(C)C)c2CCCCC1CC(=O)OC(C)I. The first kappa shape index (κ1) is 18.7. The van der Waals surface area contributed by atoms with E-state index in [0.717, 1.165) is 25.0 Å². The molecule has 0 fully saturated rings. The van der Waals surface area contributed by atoms with Crippen molar-refractivity contribution in [1.82, 2.24) is 15.0 Å². The highest BCUT2D eigenvalue weighted by Gasteiger charge is 2.43. The van der Waals surface area contributed by atoms with Crippen LogP contribution in [0.25, 0.3) is 0 Å². The molecule has 0 saturated heterocycles. The summed E-state index contributed by atoms with van der Waals surface area (Å²) < 4.78 is 22.4. The fraction of sp³-hybridized carbons (Fsp3) is 0.800. The minimum Gasteiger partial charge on any atom is -0.452 e.